The van der Waals surface area contributed by atoms with Gasteiger partial charge in [0.05, 0.1) is 16.8 Å². The maximum absolute atomic E-state index is 11.2. The molecule has 0 aliphatic carbocycles. The number of carbonyl (C=O) groups is 3. The molecule has 0 aromatic heterocycles. The summed E-state index contributed by atoms with van der Waals surface area (Å²) in [6, 6.07) is 11.2. The number of hydrogen-bond acceptors (Lipinski definition) is 5. The van der Waals surface area contributed by atoms with Crippen molar-refractivity contribution in [3.05, 3.63) is 64.2 Å². The third kappa shape index (κ3) is 5.82. The Balaban J connectivity index is 1.95. The Labute approximate surface area is 159 Å². The fourth-order valence-electron chi connectivity index (χ4n) is 1.95. The molecular formula is C18H16ClN3O5. The Kier molecular flexibility index (Phi) is 6.90. The normalized spacial score (nSPS) is 10.4. The van der Waals surface area contributed by atoms with Gasteiger partial charge in [0.15, 0.2) is 0 Å². The highest BCUT2D eigenvalue weighted by Gasteiger charge is 2.09. The number of carbonyl (C=O) groups excluding carboxylic acids is 2. The minimum Gasteiger partial charge on any atom is -0.487 e. The largest absolute Gasteiger partial charge is 0.487 e. The van der Waals surface area contributed by atoms with Crippen molar-refractivity contribution in [3.63, 3.8) is 0 Å². The van der Waals surface area contributed by atoms with E-state index in [0.29, 0.717) is 16.3 Å². The van der Waals surface area contributed by atoms with Crippen LogP contribution in [0.2, 0.25) is 5.02 Å². The summed E-state index contributed by atoms with van der Waals surface area (Å²) in [5.74, 6) is -2.24. The summed E-state index contributed by atoms with van der Waals surface area (Å²) in [6.45, 7) is 0.218. The minimum atomic E-state index is -0.991. The summed E-state index contributed by atoms with van der Waals surface area (Å²) in [5, 5.41) is 15.0. The van der Waals surface area contributed by atoms with Crippen molar-refractivity contribution in [1.29, 1.82) is 0 Å². The maximum Gasteiger partial charge on any atom is 0.335 e. The van der Waals surface area contributed by atoms with Gasteiger partial charge in [0, 0.05) is 7.05 Å². The van der Waals surface area contributed by atoms with Crippen molar-refractivity contribution >= 4 is 35.6 Å². The Bertz CT molecular complexity index is 881. The van der Waals surface area contributed by atoms with Gasteiger partial charge in [0.1, 0.15) is 12.4 Å². The third-order valence-electron chi connectivity index (χ3n) is 3.36. The van der Waals surface area contributed by atoms with E-state index >= 15 is 0 Å². The molecule has 0 bridgehead atoms. The molecule has 140 valence electrons. The topological polar surface area (TPSA) is 117 Å². The van der Waals surface area contributed by atoms with Crippen LogP contribution in [-0.2, 0) is 16.2 Å². The van der Waals surface area contributed by atoms with Crippen LogP contribution in [0.3, 0.4) is 0 Å². The Hall–Kier alpha value is -3.39. The molecule has 0 aliphatic rings. The van der Waals surface area contributed by atoms with E-state index in [0.717, 1.165) is 5.56 Å². The van der Waals surface area contributed by atoms with Gasteiger partial charge in [-0.25, -0.2) is 10.2 Å². The first-order valence-corrected chi connectivity index (χ1v) is 8.08. The van der Waals surface area contributed by atoms with E-state index in [1.54, 1.807) is 30.3 Å². The first-order chi connectivity index (χ1) is 12.9. The zero-order valence-corrected chi connectivity index (χ0v) is 15.0. The monoisotopic (exact) mass is 389 g/mol. The van der Waals surface area contributed by atoms with Crippen molar-refractivity contribution in [3.8, 4) is 5.75 Å². The number of nitrogens with zero attached hydrogens (tertiary/aromatic N) is 1. The van der Waals surface area contributed by atoms with Crippen LogP contribution < -0.4 is 15.5 Å². The fourth-order valence-corrected chi connectivity index (χ4v) is 2.19. The average molecular weight is 390 g/mol. The number of hydrogen-bond donors (Lipinski definition) is 3. The zero-order valence-electron chi connectivity index (χ0n) is 14.2. The smallest absolute Gasteiger partial charge is 0.335 e. The molecule has 0 radical (unpaired) electrons. The lowest BCUT2D eigenvalue weighted by Gasteiger charge is -2.09. The number of amides is 2. The van der Waals surface area contributed by atoms with Crippen LogP contribution in [0.4, 0.5) is 0 Å². The number of aromatic carboxylic acids is 1. The molecule has 2 rings (SSSR count). The molecule has 27 heavy (non-hydrogen) atoms. The molecule has 2 aromatic rings. The van der Waals surface area contributed by atoms with Crippen molar-refractivity contribution in [2.75, 3.05) is 7.05 Å². The number of benzene rings is 2. The number of nitrogens with one attached hydrogen (secondary N) is 2. The van der Waals surface area contributed by atoms with E-state index in [-0.39, 0.29) is 12.2 Å². The number of ether oxygens (including phenoxy) is 1. The van der Waals surface area contributed by atoms with Gasteiger partial charge < -0.3 is 15.2 Å². The molecule has 0 aliphatic heterocycles. The number of hydrazone groups is 1. The van der Waals surface area contributed by atoms with E-state index in [9.17, 15) is 14.4 Å². The lowest BCUT2D eigenvalue weighted by molar-refractivity contribution is -0.138. The van der Waals surface area contributed by atoms with Crippen molar-refractivity contribution in [1.82, 2.24) is 10.7 Å². The Morgan fingerprint density at radius 3 is 2.44 bits per heavy atom. The van der Waals surface area contributed by atoms with Gasteiger partial charge in [-0.15, -0.1) is 0 Å². The Morgan fingerprint density at radius 2 is 1.85 bits per heavy atom. The molecule has 0 fully saturated rings. The third-order valence-corrected chi connectivity index (χ3v) is 3.66. The number of halogens is 1. The predicted molar refractivity (Wildman–Crippen MR) is 99.0 cm³/mol. The molecule has 3 N–H and O–H groups in total. The van der Waals surface area contributed by atoms with Gasteiger partial charge >= 0.3 is 17.8 Å². The van der Waals surface area contributed by atoms with Crippen LogP contribution >= 0.6 is 11.6 Å². The second-order valence-electron chi connectivity index (χ2n) is 5.26. The van der Waals surface area contributed by atoms with Crippen molar-refractivity contribution < 1.29 is 24.2 Å². The van der Waals surface area contributed by atoms with Gasteiger partial charge in [-0.2, -0.15) is 5.10 Å². The highest BCUT2D eigenvalue weighted by molar-refractivity contribution is 6.35. The molecule has 0 saturated heterocycles. The number of carboxylic acids is 1. The summed E-state index contributed by atoms with van der Waals surface area (Å²) in [5.41, 5.74) is 3.66. The number of carboxylic acid groups (broad SMARTS) is 1. The van der Waals surface area contributed by atoms with Crippen LogP contribution in [0.5, 0.6) is 5.75 Å². The molecule has 8 nitrogen and oxygen atoms in total. The first-order valence-electron chi connectivity index (χ1n) is 7.70. The summed E-state index contributed by atoms with van der Waals surface area (Å²) >= 11 is 6.16. The molecular weight excluding hydrogens is 374 g/mol. The molecule has 2 aromatic carbocycles. The first kappa shape index (κ1) is 19.9. The van der Waals surface area contributed by atoms with Crippen LogP contribution in [-0.4, -0.2) is 36.2 Å². The Morgan fingerprint density at radius 1 is 1.15 bits per heavy atom. The summed E-state index contributed by atoms with van der Waals surface area (Å²) < 4.78 is 5.62. The summed E-state index contributed by atoms with van der Waals surface area (Å²) in [7, 11) is 1.34. The second kappa shape index (κ2) is 9.35. The van der Waals surface area contributed by atoms with E-state index in [1.165, 1.54) is 25.4 Å². The van der Waals surface area contributed by atoms with Gasteiger partial charge in [0.25, 0.3) is 0 Å². The molecule has 2 amide bonds. The van der Waals surface area contributed by atoms with Crippen LogP contribution in [0.1, 0.15) is 21.5 Å². The maximum atomic E-state index is 11.2. The SMILES string of the molecule is CNC(=O)C(=O)N/N=C\c1ccc(OCc2ccc(C(=O)O)cc2)c(Cl)c1. The molecule has 0 atom stereocenters. The summed E-state index contributed by atoms with van der Waals surface area (Å²) in [6.07, 6.45) is 1.33. The molecule has 9 heteroatoms. The lowest BCUT2D eigenvalue weighted by Crippen LogP contribution is -2.35. The molecule has 0 unspecified atom stereocenters. The highest BCUT2D eigenvalue weighted by Crippen LogP contribution is 2.25. The van der Waals surface area contributed by atoms with Gasteiger partial charge in [-0.05, 0) is 41.5 Å². The number of likely N-dealkylation sites (N-methyl/N-ethyl adjacent to an activating group) is 1. The van der Waals surface area contributed by atoms with Gasteiger partial charge in [0.2, 0.25) is 0 Å². The average Bonchev–Trinajstić information content (AvgIpc) is 2.66. The van der Waals surface area contributed by atoms with Crippen LogP contribution in [0, 0.1) is 0 Å². The zero-order chi connectivity index (χ0) is 19.8. The van der Waals surface area contributed by atoms with E-state index in [4.69, 9.17) is 21.4 Å². The molecule has 0 spiro atoms. The van der Waals surface area contributed by atoms with E-state index < -0.39 is 17.8 Å². The standard InChI is InChI=1S/C18H16ClN3O5/c1-20-16(23)17(24)22-21-9-12-4-7-15(14(19)8-12)27-10-11-2-5-13(6-3-11)18(25)26/h2-9H,10H2,1H3,(H,20,23)(H,22,24)(H,25,26)/b21-9-. The predicted octanol–water partition coefficient (Wildman–Crippen LogP) is 1.81. The van der Waals surface area contributed by atoms with Gasteiger partial charge in [-0.1, -0.05) is 23.7 Å². The van der Waals surface area contributed by atoms with E-state index in [2.05, 4.69) is 15.8 Å². The fraction of sp³-hybridized carbons (Fsp3) is 0.111. The second-order valence-corrected chi connectivity index (χ2v) is 5.67. The van der Waals surface area contributed by atoms with Crippen LogP contribution in [0.25, 0.3) is 0 Å². The highest BCUT2D eigenvalue weighted by atomic mass is 35.5. The van der Waals surface area contributed by atoms with Crippen LogP contribution in [0.15, 0.2) is 47.6 Å². The van der Waals surface area contributed by atoms with Crippen molar-refractivity contribution in [2.45, 2.75) is 6.61 Å². The minimum absolute atomic E-state index is 0.198. The lowest BCUT2D eigenvalue weighted by atomic mass is 10.1. The van der Waals surface area contributed by atoms with Crippen molar-refractivity contribution in [2.24, 2.45) is 5.10 Å². The molecule has 0 heterocycles. The van der Waals surface area contributed by atoms with Gasteiger partial charge in [-0.3, -0.25) is 9.59 Å². The summed E-state index contributed by atoms with van der Waals surface area (Å²) in [4.78, 5) is 33.1. The molecule has 0 saturated carbocycles. The number of rotatable bonds is 6. The van der Waals surface area contributed by atoms with E-state index in [1.807, 2.05) is 0 Å². The quantitative estimate of drug-likeness (QED) is 0.395.